The zero-order valence-electron chi connectivity index (χ0n) is 9.17. The number of hydrogen-bond donors (Lipinski definition) is 2. The Bertz CT molecular complexity index is 379. The number of nitrogens with one attached hydrogen (secondary N) is 1. The Balaban J connectivity index is 2.15. The molecule has 3 unspecified atom stereocenters. The molecule has 0 aromatic heterocycles. The third-order valence-electron chi connectivity index (χ3n) is 2.98. The molecule has 0 amide bonds. The molecular weight excluding hydrogens is 231 g/mol. The highest BCUT2D eigenvalue weighted by atomic mass is 19.1. The third kappa shape index (κ3) is 2.98. The van der Waals surface area contributed by atoms with Gasteiger partial charge in [-0.15, -0.1) is 0 Å². The molecule has 1 fully saturated rings. The van der Waals surface area contributed by atoms with E-state index in [0.29, 0.717) is 25.6 Å². The fraction of sp³-hybridized carbons (Fsp3) is 0.500. The number of halogens is 3. The van der Waals surface area contributed by atoms with Gasteiger partial charge in [-0.1, -0.05) is 0 Å². The Kier molecular flexibility index (Phi) is 3.69. The number of aliphatic hydroxyl groups is 1. The van der Waals surface area contributed by atoms with Gasteiger partial charge in [-0.25, -0.2) is 13.2 Å². The first-order valence-electron chi connectivity index (χ1n) is 5.55. The second-order valence-electron chi connectivity index (χ2n) is 4.41. The molecule has 0 radical (unpaired) electrons. The van der Waals surface area contributed by atoms with E-state index in [2.05, 4.69) is 5.32 Å². The van der Waals surface area contributed by atoms with Crippen molar-refractivity contribution >= 4 is 0 Å². The lowest BCUT2D eigenvalue weighted by atomic mass is 9.89. The van der Waals surface area contributed by atoms with Gasteiger partial charge in [-0.3, -0.25) is 0 Å². The lowest BCUT2D eigenvalue weighted by Gasteiger charge is -2.29. The van der Waals surface area contributed by atoms with Crippen molar-refractivity contribution in [1.82, 2.24) is 5.32 Å². The summed E-state index contributed by atoms with van der Waals surface area (Å²) in [6.07, 6.45) is -1.78. The fourth-order valence-corrected chi connectivity index (χ4v) is 2.18. The predicted molar refractivity (Wildman–Crippen MR) is 57.2 cm³/mol. The predicted octanol–water partition coefficient (Wildman–Crippen LogP) is 1.95. The van der Waals surface area contributed by atoms with Crippen LogP contribution in [0.1, 0.15) is 18.2 Å². The lowest BCUT2D eigenvalue weighted by Crippen LogP contribution is -2.40. The second-order valence-corrected chi connectivity index (χ2v) is 4.41. The van der Waals surface area contributed by atoms with E-state index >= 15 is 0 Å². The summed E-state index contributed by atoms with van der Waals surface area (Å²) in [6, 6.07) is 2.70. The summed E-state index contributed by atoms with van der Waals surface area (Å²) in [6.45, 7) is 0.830. The highest BCUT2D eigenvalue weighted by molar-refractivity contribution is 5.21. The molecule has 0 aliphatic carbocycles. The lowest BCUT2D eigenvalue weighted by molar-refractivity contribution is 0.0788. The van der Waals surface area contributed by atoms with Gasteiger partial charge in [0.2, 0.25) is 0 Å². The monoisotopic (exact) mass is 245 g/mol. The van der Waals surface area contributed by atoms with Gasteiger partial charge in [0.1, 0.15) is 17.8 Å². The molecular formula is C12H14F3NO. The maximum Gasteiger partial charge on any atom is 0.129 e. The van der Waals surface area contributed by atoms with Crippen LogP contribution in [0.15, 0.2) is 18.2 Å². The maximum atomic E-state index is 14.1. The number of aliphatic hydroxyl groups excluding tert-OH is 1. The van der Waals surface area contributed by atoms with Crippen LogP contribution < -0.4 is 5.32 Å². The second kappa shape index (κ2) is 5.06. The van der Waals surface area contributed by atoms with Crippen LogP contribution in [0.4, 0.5) is 13.2 Å². The van der Waals surface area contributed by atoms with Crippen molar-refractivity contribution < 1.29 is 18.3 Å². The van der Waals surface area contributed by atoms with E-state index in [0.717, 1.165) is 12.1 Å². The van der Waals surface area contributed by atoms with Crippen LogP contribution in [0, 0.1) is 17.6 Å². The quantitative estimate of drug-likeness (QED) is 0.834. The van der Waals surface area contributed by atoms with Gasteiger partial charge >= 0.3 is 0 Å². The summed E-state index contributed by atoms with van der Waals surface area (Å²) in [5.74, 6) is -2.03. The van der Waals surface area contributed by atoms with Crippen molar-refractivity contribution in [3.05, 3.63) is 35.4 Å². The Hall–Kier alpha value is -1.07. The summed E-state index contributed by atoms with van der Waals surface area (Å²) in [5, 5.41) is 12.3. The molecule has 2 nitrogen and oxygen atoms in total. The smallest absolute Gasteiger partial charge is 0.129 e. The Labute approximate surface area is 97.5 Å². The first-order chi connectivity index (χ1) is 8.06. The van der Waals surface area contributed by atoms with E-state index in [4.69, 9.17) is 0 Å². The van der Waals surface area contributed by atoms with E-state index in [1.54, 1.807) is 0 Å². The summed E-state index contributed by atoms with van der Waals surface area (Å²) in [5.41, 5.74) is -0.0107. The molecule has 1 aromatic rings. The van der Waals surface area contributed by atoms with Crippen LogP contribution in [-0.4, -0.2) is 24.3 Å². The largest absolute Gasteiger partial charge is 0.392 e. The van der Waals surface area contributed by atoms with E-state index in [1.807, 2.05) is 0 Å². The van der Waals surface area contributed by atoms with E-state index in [-0.39, 0.29) is 5.56 Å². The molecule has 1 saturated heterocycles. The van der Waals surface area contributed by atoms with Crippen molar-refractivity contribution in [3.8, 4) is 0 Å². The molecule has 1 aromatic carbocycles. The van der Waals surface area contributed by atoms with Crippen LogP contribution >= 0.6 is 0 Å². The minimum Gasteiger partial charge on any atom is -0.392 e. The van der Waals surface area contributed by atoms with E-state index in [9.17, 15) is 18.3 Å². The van der Waals surface area contributed by atoms with Gasteiger partial charge in [-0.2, -0.15) is 0 Å². The summed E-state index contributed by atoms with van der Waals surface area (Å²) in [4.78, 5) is 0. The van der Waals surface area contributed by atoms with E-state index in [1.165, 1.54) is 0 Å². The Morgan fingerprint density at radius 3 is 2.41 bits per heavy atom. The van der Waals surface area contributed by atoms with Gasteiger partial charge in [0.25, 0.3) is 0 Å². The van der Waals surface area contributed by atoms with Crippen molar-refractivity contribution in [2.75, 3.05) is 13.1 Å². The van der Waals surface area contributed by atoms with Crippen LogP contribution in [0.25, 0.3) is 0 Å². The topological polar surface area (TPSA) is 32.3 Å². The summed E-state index contributed by atoms with van der Waals surface area (Å²) >= 11 is 0. The van der Waals surface area contributed by atoms with Gasteiger partial charge in [0, 0.05) is 25.1 Å². The van der Waals surface area contributed by atoms with Crippen molar-refractivity contribution in [1.29, 1.82) is 0 Å². The molecule has 94 valence electrons. The van der Waals surface area contributed by atoms with Crippen molar-refractivity contribution in [3.63, 3.8) is 0 Å². The normalized spacial score (nSPS) is 26.8. The zero-order chi connectivity index (χ0) is 12.4. The molecule has 2 N–H and O–H groups in total. The average Bonchev–Trinajstić information content (AvgIpc) is 2.26. The minimum absolute atomic E-state index is 0.0107. The molecule has 1 aliphatic rings. The maximum absolute atomic E-state index is 14.1. The summed E-state index contributed by atoms with van der Waals surface area (Å²) in [7, 11) is 0. The fourth-order valence-electron chi connectivity index (χ4n) is 2.18. The van der Waals surface area contributed by atoms with E-state index < -0.39 is 29.8 Å². The van der Waals surface area contributed by atoms with Gasteiger partial charge in [0.15, 0.2) is 0 Å². The highest BCUT2D eigenvalue weighted by Gasteiger charge is 2.29. The van der Waals surface area contributed by atoms with Crippen LogP contribution in [-0.2, 0) is 0 Å². The molecule has 3 atom stereocenters. The molecule has 0 saturated carbocycles. The van der Waals surface area contributed by atoms with Crippen LogP contribution in [0.3, 0.4) is 0 Å². The zero-order valence-corrected chi connectivity index (χ0v) is 9.17. The van der Waals surface area contributed by atoms with Crippen molar-refractivity contribution in [2.45, 2.75) is 18.7 Å². The Morgan fingerprint density at radius 2 is 1.82 bits per heavy atom. The molecule has 2 rings (SSSR count). The SMILES string of the molecule is OC1CNCC(C(F)c2cc(F)cc(F)c2)C1. The first kappa shape index (κ1) is 12.4. The van der Waals surface area contributed by atoms with Crippen molar-refractivity contribution in [2.24, 2.45) is 5.92 Å². The number of alkyl halides is 1. The first-order valence-corrected chi connectivity index (χ1v) is 5.55. The number of benzene rings is 1. The number of hydrogen-bond acceptors (Lipinski definition) is 2. The molecule has 5 heteroatoms. The molecule has 17 heavy (non-hydrogen) atoms. The average molecular weight is 245 g/mol. The summed E-state index contributed by atoms with van der Waals surface area (Å²) < 4.78 is 40.0. The molecule has 1 aliphatic heterocycles. The van der Waals surface area contributed by atoms with Gasteiger partial charge in [-0.05, 0) is 24.1 Å². The molecule has 0 spiro atoms. The Morgan fingerprint density at radius 1 is 1.18 bits per heavy atom. The standard InChI is InChI=1S/C12H14F3NO/c13-9-1-7(2-10(14)4-9)12(15)8-3-11(17)6-16-5-8/h1-2,4,8,11-12,16-17H,3,5-6H2. The highest BCUT2D eigenvalue weighted by Crippen LogP contribution is 2.31. The number of piperidine rings is 1. The minimum atomic E-state index is -1.47. The number of β-amino-alcohol motifs (C(OH)–C–C–N with tert-alkyl or cyclic N) is 1. The van der Waals surface area contributed by atoms with Crippen LogP contribution in [0.2, 0.25) is 0 Å². The van der Waals surface area contributed by atoms with Gasteiger partial charge in [0.05, 0.1) is 6.10 Å². The molecule has 1 heterocycles. The molecule has 0 bridgehead atoms. The number of rotatable bonds is 2. The van der Waals surface area contributed by atoms with Gasteiger partial charge < -0.3 is 10.4 Å². The van der Waals surface area contributed by atoms with Crippen LogP contribution in [0.5, 0.6) is 0 Å². The third-order valence-corrected chi connectivity index (χ3v) is 2.98.